The second-order valence-corrected chi connectivity index (χ2v) is 8.26. The second-order valence-electron chi connectivity index (χ2n) is 8.26. The van der Waals surface area contributed by atoms with Crippen molar-refractivity contribution in [3.05, 3.63) is 78.2 Å². The van der Waals surface area contributed by atoms with Crippen LogP contribution in [-0.2, 0) is 6.54 Å². The van der Waals surface area contributed by atoms with E-state index in [1.807, 2.05) is 47.6 Å². The van der Waals surface area contributed by atoms with Gasteiger partial charge < -0.3 is 9.47 Å². The van der Waals surface area contributed by atoms with Gasteiger partial charge in [0.15, 0.2) is 0 Å². The van der Waals surface area contributed by atoms with E-state index in [-0.39, 0.29) is 5.91 Å². The second kappa shape index (κ2) is 7.82. The summed E-state index contributed by atoms with van der Waals surface area (Å²) in [5, 5.41) is 8.21. The third kappa shape index (κ3) is 3.52. The lowest BCUT2D eigenvalue weighted by atomic mass is 9.96. The predicted octanol–water partition coefficient (Wildman–Crippen LogP) is 4.89. The summed E-state index contributed by atoms with van der Waals surface area (Å²) in [5.74, 6) is 0.746. The number of aryl methyl sites for hydroxylation is 1. The van der Waals surface area contributed by atoms with Gasteiger partial charge in [-0.3, -0.25) is 9.89 Å². The Morgan fingerprint density at radius 2 is 1.87 bits per heavy atom. The average molecular weight is 399 g/mol. The van der Waals surface area contributed by atoms with E-state index in [2.05, 4.69) is 46.0 Å². The largest absolute Gasteiger partial charge is 0.345 e. The molecule has 0 aliphatic carbocycles. The van der Waals surface area contributed by atoms with Gasteiger partial charge in [0.25, 0.3) is 5.91 Å². The van der Waals surface area contributed by atoms with Crippen LogP contribution in [0.15, 0.2) is 67.0 Å². The number of carbonyl (C=O) groups is 1. The van der Waals surface area contributed by atoms with Crippen LogP contribution >= 0.6 is 0 Å². The zero-order valence-corrected chi connectivity index (χ0v) is 17.2. The standard InChI is InChI=1S/C25H26N4O/c1-18-13-22-14-21(23-15-26-27-16-23)7-8-24(22)29(18)17-19-9-11-28(12-10-19)25(30)20-5-3-2-4-6-20/h2-8,13-16,19H,9-12,17H2,1H3,(H,26,27). The van der Waals surface area contributed by atoms with E-state index in [9.17, 15) is 4.79 Å². The van der Waals surface area contributed by atoms with E-state index in [0.29, 0.717) is 5.92 Å². The first-order valence-electron chi connectivity index (χ1n) is 10.6. The number of nitrogens with zero attached hydrogens (tertiary/aromatic N) is 3. The van der Waals surface area contributed by atoms with Gasteiger partial charge in [-0.2, -0.15) is 5.10 Å². The minimum atomic E-state index is 0.156. The van der Waals surface area contributed by atoms with Crippen molar-refractivity contribution >= 4 is 16.8 Å². The zero-order valence-electron chi connectivity index (χ0n) is 17.2. The minimum Gasteiger partial charge on any atom is -0.345 e. The first-order valence-corrected chi connectivity index (χ1v) is 10.6. The Hall–Kier alpha value is -3.34. The molecule has 5 rings (SSSR count). The third-order valence-corrected chi connectivity index (χ3v) is 6.30. The van der Waals surface area contributed by atoms with Crippen LogP contribution < -0.4 is 0 Å². The summed E-state index contributed by atoms with van der Waals surface area (Å²) < 4.78 is 2.44. The molecule has 5 heteroatoms. The number of carbonyl (C=O) groups excluding carboxylic acids is 1. The molecule has 152 valence electrons. The maximum atomic E-state index is 12.7. The molecule has 1 amide bonds. The summed E-state index contributed by atoms with van der Waals surface area (Å²) >= 11 is 0. The van der Waals surface area contributed by atoms with Crippen molar-refractivity contribution in [2.24, 2.45) is 5.92 Å². The van der Waals surface area contributed by atoms with Gasteiger partial charge in [-0.05, 0) is 61.6 Å². The van der Waals surface area contributed by atoms with Crippen LogP contribution in [-0.4, -0.2) is 38.7 Å². The van der Waals surface area contributed by atoms with Crippen molar-refractivity contribution in [2.75, 3.05) is 13.1 Å². The van der Waals surface area contributed by atoms with Gasteiger partial charge >= 0.3 is 0 Å². The molecule has 2 aromatic heterocycles. The van der Waals surface area contributed by atoms with E-state index in [1.54, 1.807) is 0 Å². The molecule has 3 heterocycles. The highest BCUT2D eigenvalue weighted by molar-refractivity contribution is 5.94. The molecule has 1 saturated heterocycles. The third-order valence-electron chi connectivity index (χ3n) is 6.30. The van der Waals surface area contributed by atoms with E-state index < -0.39 is 0 Å². The molecule has 0 bridgehead atoms. The SMILES string of the molecule is Cc1cc2cc(-c3cn[nH]c3)ccc2n1CC1CCN(C(=O)c2ccccc2)CC1. The zero-order chi connectivity index (χ0) is 20.5. The molecular weight excluding hydrogens is 372 g/mol. The van der Waals surface area contributed by atoms with Crippen LogP contribution in [0.2, 0.25) is 0 Å². The predicted molar refractivity (Wildman–Crippen MR) is 119 cm³/mol. The molecule has 1 fully saturated rings. The molecule has 0 spiro atoms. The number of hydrogen-bond donors (Lipinski definition) is 1. The number of benzene rings is 2. The highest BCUT2D eigenvalue weighted by Crippen LogP contribution is 2.29. The normalized spacial score (nSPS) is 15.0. The maximum absolute atomic E-state index is 12.7. The Balaban J connectivity index is 1.28. The number of piperidine rings is 1. The van der Waals surface area contributed by atoms with Crippen molar-refractivity contribution in [1.29, 1.82) is 0 Å². The minimum absolute atomic E-state index is 0.156. The molecular formula is C25H26N4O. The van der Waals surface area contributed by atoms with Crippen LogP contribution in [0.25, 0.3) is 22.0 Å². The number of H-pyrrole nitrogens is 1. The maximum Gasteiger partial charge on any atom is 0.253 e. The van der Waals surface area contributed by atoms with Crippen molar-refractivity contribution < 1.29 is 4.79 Å². The fourth-order valence-electron chi connectivity index (χ4n) is 4.58. The summed E-state index contributed by atoms with van der Waals surface area (Å²) in [7, 11) is 0. The van der Waals surface area contributed by atoms with Gasteiger partial charge in [-0.15, -0.1) is 0 Å². The summed E-state index contributed by atoms with van der Waals surface area (Å²) in [5.41, 5.74) is 5.65. The Kier molecular flexibility index (Phi) is 4.87. The lowest BCUT2D eigenvalue weighted by Crippen LogP contribution is -2.39. The Morgan fingerprint density at radius 1 is 1.07 bits per heavy atom. The van der Waals surface area contributed by atoms with E-state index >= 15 is 0 Å². The van der Waals surface area contributed by atoms with Gasteiger partial charge in [0, 0.05) is 53.6 Å². The van der Waals surface area contributed by atoms with Gasteiger partial charge in [-0.25, -0.2) is 0 Å². The van der Waals surface area contributed by atoms with Crippen molar-refractivity contribution in [2.45, 2.75) is 26.3 Å². The number of likely N-dealkylation sites (tertiary alicyclic amines) is 1. The molecule has 0 saturated carbocycles. The van der Waals surface area contributed by atoms with E-state index in [1.165, 1.54) is 22.2 Å². The molecule has 0 radical (unpaired) electrons. The van der Waals surface area contributed by atoms with Gasteiger partial charge in [0.1, 0.15) is 0 Å². The first kappa shape index (κ1) is 18.7. The van der Waals surface area contributed by atoms with Crippen LogP contribution in [0.5, 0.6) is 0 Å². The number of rotatable bonds is 4. The number of aromatic nitrogens is 3. The Bertz CT molecular complexity index is 1150. The number of hydrogen-bond acceptors (Lipinski definition) is 2. The van der Waals surface area contributed by atoms with E-state index in [0.717, 1.165) is 43.6 Å². The van der Waals surface area contributed by atoms with Gasteiger partial charge in [-0.1, -0.05) is 24.3 Å². The summed E-state index contributed by atoms with van der Waals surface area (Å²) in [4.78, 5) is 14.7. The van der Waals surface area contributed by atoms with Crippen molar-refractivity contribution in [1.82, 2.24) is 19.7 Å². The highest BCUT2D eigenvalue weighted by Gasteiger charge is 2.24. The van der Waals surface area contributed by atoms with E-state index in [4.69, 9.17) is 0 Å². The topological polar surface area (TPSA) is 53.9 Å². The fourth-order valence-corrected chi connectivity index (χ4v) is 4.58. The first-order chi connectivity index (χ1) is 14.7. The summed E-state index contributed by atoms with van der Waals surface area (Å²) in [6, 6.07) is 18.5. The van der Waals surface area contributed by atoms with Crippen molar-refractivity contribution in [3.63, 3.8) is 0 Å². The molecule has 30 heavy (non-hydrogen) atoms. The van der Waals surface area contributed by atoms with Gasteiger partial charge in [0.2, 0.25) is 0 Å². The molecule has 2 aromatic carbocycles. The lowest BCUT2D eigenvalue weighted by molar-refractivity contribution is 0.0683. The number of amides is 1. The van der Waals surface area contributed by atoms with Crippen molar-refractivity contribution in [3.8, 4) is 11.1 Å². The highest BCUT2D eigenvalue weighted by atomic mass is 16.2. The molecule has 1 aliphatic rings. The number of nitrogens with one attached hydrogen (secondary N) is 1. The lowest BCUT2D eigenvalue weighted by Gasteiger charge is -2.32. The summed E-state index contributed by atoms with van der Waals surface area (Å²) in [6.45, 7) is 4.86. The summed E-state index contributed by atoms with van der Waals surface area (Å²) in [6.07, 6.45) is 5.88. The van der Waals surface area contributed by atoms with Crippen LogP contribution in [0.1, 0.15) is 28.9 Å². The number of aromatic amines is 1. The average Bonchev–Trinajstić information content (AvgIpc) is 3.43. The Labute approximate surface area is 176 Å². The molecule has 0 atom stereocenters. The molecule has 5 nitrogen and oxygen atoms in total. The van der Waals surface area contributed by atoms with Crippen LogP contribution in [0, 0.1) is 12.8 Å². The quantitative estimate of drug-likeness (QED) is 0.532. The van der Waals surface area contributed by atoms with Gasteiger partial charge in [0.05, 0.1) is 6.20 Å². The molecule has 1 N–H and O–H groups in total. The van der Waals surface area contributed by atoms with Crippen LogP contribution in [0.4, 0.5) is 0 Å². The number of fused-ring (bicyclic) bond motifs is 1. The van der Waals surface area contributed by atoms with Crippen LogP contribution in [0.3, 0.4) is 0 Å². The fraction of sp³-hybridized carbons (Fsp3) is 0.280. The molecule has 1 aliphatic heterocycles. The smallest absolute Gasteiger partial charge is 0.253 e. The monoisotopic (exact) mass is 398 g/mol. The molecule has 4 aromatic rings. The molecule has 0 unspecified atom stereocenters. The Morgan fingerprint density at radius 3 is 2.60 bits per heavy atom.